The number of likely N-dealkylation sites (tertiary alicyclic amines) is 1. The number of hydrogen-bond acceptors (Lipinski definition) is 5. The fourth-order valence-electron chi connectivity index (χ4n) is 2.78. The zero-order valence-corrected chi connectivity index (χ0v) is 14.0. The third-order valence-corrected chi connectivity index (χ3v) is 4.81. The van der Waals surface area contributed by atoms with Gasteiger partial charge in [0.05, 0.1) is 11.5 Å². The number of carbonyl (C=O) groups is 2. The molecule has 2 aromatic rings. The second kappa shape index (κ2) is 6.54. The van der Waals surface area contributed by atoms with E-state index >= 15 is 0 Å². The number of amides is 1. The largest absolute Gasteiger partial charge is 0.462 e. The van der Waals surface area contributed by atoms with E-state index < -0.39 is 0 Å². The van der Waals surface area contributed by atoms with Gasteiger partial charge in [-0.05, 0) is 18.4 Å². The van der Waals surface area contributed by atoms with E-state index in [2.05, 4.69) is 5.10 Å². The molecule has 23 heavy (non-hydrogen) atoms. The number of hydrogen-bond donors (Lipinski definition) is 0. The highest BCUT2D eigenvalue weighted by atomic mass is 32.1. The molecule has 1 aliphatic rings. The molecule has 122 valence electrons. The normalized spacial score (nSPS) is 17.7. The number of ether oxygens (including phenoxy) is 1. The van der Waals surface area contributed by atoms with E-state index in [0.717, 1.165) is 4.88 Å². The standard InChI is InChI=1S/C16H19N3O3S/c1-3-19-8-11(7-14(19)20)10-22-16(21)12-9-18(2)17-15(12)13-5-4-6-23-13/h4-6,9,11H,3,7-8,10H2,1-2H3/t11-/m0/s1. The molecule has 0 aromatic carbocycles. The van der Waals surface area contributed by atoms with Crippen LogP contribution < -0.4 is 0 Å². The lowest BCUT2D eigenvalue weighted by atomic mass is 10.1. The van der Waals surface area contributed by atoms with Crippen molar-refractivity contribution >= 4 is 23.2 Å². The minimum absolute atomic E-state index is 0.0771. The highest BCUT2D eigenvalue weighted by Gasteiger charge is 2.30. The molecule has 0 spiro atoms. The summed E-state index contributed by atoms with van der Waals surface area (Å²) in [5.41, 5.74) is 1.11. The van der Waals surface area contributed by atoms with Crippen LogP contribution in [-0.4, -0.2) is 46.3 Å². The van der Waals surface area contributed by atoms with E-state index in [1.807, 2.05) is 24.4 Å². The number of aryl methyl sites for hydroxylation is 1. The average Bonchev–Trinajstić information content (AvgIpc) is 3.23. The molecule has 1 amide bonds. The topological polar surface area (TPSA) is 64.4 Å². The molecule has 2 aromatic heterocycles. The van der Waals surface area contributed by atoms with Gasteiger partial charge in [0.1, 0.15) is 11.3 Å². The van der Waals surface area contributed by atoms with Gasteiger partial charge in [-0.2, -0.15) is 5.10 Å². The highest BCUT2D eigenvalue weighted by molar-refractivity contribution is 7.13. The van der Waals surface area contributed by atoms with Crippen molar-refractivity contribution in [3.8, 4) is 10.6 Å². The lowest BCUT2D eigenvalue weighted by Crippen LogP contribution is -2.25. The van der Waals surface area contributed by atoms with Crippen molar-refractivity contribution in [3.05, 3.63) is 29.3 Å². The maximum atomic E-state index is 12.4. The van der Waals surface area contributed by atoms with E-state index in [9.17, 15) is 9.59 Å². The maximum absolute atomic E-state index is 12.4. The van der Waals surface area contributed by atoms with Crippen LogP contribution in [0.25, 0.3) is 10.6 Å². The molecule has 0 unspecified atom stereocenters. The molecular weight excluding hydrogens is 314 g/mol. The summed E-state index contributed by atoms with van der Waals surface area (Å²) in [4.78, 5) is 26.8. The Morgan fingerprint density at radius 1 is 1.52 bits per heavy atom. The molecule has 3 rings (SSSR count). The van der Waals surface area contributed by atoms with Crippen LogP contribution in [-0.2, 0) is 16.6 Å². The maximum Gasteiger partial charge on any atom is 0.342 e. The van der Waals surface area contributed by atoms with Crippen LogP contribution in [0.5, 0.6) is 0 Å². The summed E-state index contributed by atoms with van der Waals surface area (Å²) in [6, 6.07) is 3.85. The van der Waals surface area contributed by atoms with Gasteiger partial charge < -0.3 is 9.64 Å². The van der Waals surface area contributed by atoms with Crippen molar-refractivity contribution in [3.63, 3.8) is 0 Å². The molecular formula is C16H19N3O3S. The van der Waals surface area contributed by atoms with E-state index in [1.54, 1.807) is 22.8 Å². The predicted molar refractivity (Wildman–Crippen MR) is 87.2 cm³/mol. The second-order valence-electron chi connectivity index (χ2n) is 5.64. The summed E-state index contributed by atoms with van der Waals surface area (Å²) in [5.74, 6) is -0.175. The van der Waals surface area contributed by atoms with E-state index in [4.69, 9.17) is 4.74 Å². The molecule has 0 bridgehead atoms. The molecule has 3 heterocycles. The van der Waals surface area contributed by atoms with Gasteiger partial charge in [0.2, 0.25) is 5.91 Å². The van der Waals surface area contributed by atoms with Gasteiger partial charge >= 0.3 is 5.97 Å². The quantitative estimate of drug-likeness (QED) is 0.787. The Hall–Kier alpha value is -2.15. The molecule has 1 fully saturated rings. The van der Waals surface area contributed by atoms with Crippen LogP contribution in [0.15, 0.2) is 23.7 Å². The van der Waals surface area contributed by atoms with Gasteiger partial charge in [-0.3, -0.25) is 9.48 Å². The lowest BCUT2D eigenvalue weighted by Gasteiger charge is -2.13. The number of nitrogens with zero attached hydrogens (tertiary/aromatic N) is 3. The summed E-state index contributed by atoms with van der Waals surface area (Å²) in [6.45, 7) is 3.58. The Morgan fingerprint density at radius 2 is 2.35 bits per heavy atom. The van der Waals surface area contributed by atoms with Gasteiger partial charge in [0, 0.05) is 38.7 Å². The fourth-order valence-corrected chi connectivity index (χ4v) is 3.50. The number of aromatic nitrogens is 2. The number of carbonyl (C=O) groups excluding carboxylic acids is 2. The predicted octanol–water partition coefficient (Wildman–Crippen LogP) is 2.17. The third kappa shape index (κ3) is 3.29. The van der Waals surface area contributed by atoms with Gasteiger partial charge in [0.25, 0.3) is 0 Å². The zero-order chi connectivity index (χ0) is 16.4. The fraction of sp³-hybridized carbons (Fsp3) is 0.438. The SMILES string of the molecule is CCN1C[C@@H](COC(=O)c2cn(C)nc2-c2cccs2)CC1=O. The molecule has 7 heteroatoms. The van der Waals surface area contributed by atoms with Gasteiger partial charge in [-0.25, -0.2) is 4.79 Å². The first-order chi connectivity index (χ1) is 11.1. The minimum atomic E-state index is -0.385. The Balaban J connectivity index is 1.67. The first-order valence-electron chi connectivity index (χ1n) is 7.61. The molecule has 0 saturated carbocycles. The summed E-state index contributed by atoms with van der Waals surface area (Å²) < 4.78 is 7.05. The smallest absolute Gasteiger partial charge is 0.342 e. The minimum Gasteiger partial charge on any atom is -0.462 e. The van der Waals surface area contributed by atoms with E-state index in [0.29, 0.717) is 30.8 Å². The zero-order valence-electron chi connectivity index (χ0n) is 13.2. The number of esters is 1. The van der Waals surface area contributed by atoms with Crippen molar-refractivity contribution in [2.45, 2.75) is 13.3 Å². The van der Waals surface area contributed by atoms with Crippen LogP contribution in [0.4, 0.5) is 0 Å². The average molecular weight is 333 g/mol. The summed E-state index contributed by atoms with van der Waals surface area (Å²) in [7, 11) is 1.78. The molecule has 1 aliphatic heterocycles. The first-order valence-corrected chi connectivity index (χ1v) is 8.49. The third-order valence-electron chi connectivity index (χ3n) is 3.93. The van der Waals surface area contributed by atoms with Crippen LogP contribution >= 0.6 is 11.3 Å². The van der Waals surface area contributed by atoms with Crippen molar-refractivity contribution < 1.29 is 14.3 Å². The Bertz CT molecular complexity index is 708. The van der Waals surface area contributed by atoms with Gasteiger partial charge in [-0.1, -0.05) is 6.07 Å². The van der Waals surface area contributed by atoms with Crippen LogP contribution in [0, 0.1) is 5.92 Å². The summed E-state index contributed by atoms with van der Waals surface area (Å²) in [6.07, 6.45) is 2.13. The molecule has 6 nitrogen and oxygen atoms in total. The van der Waals surface area contributed by atoms with Crippen LogP contribution in [0.3, 0.4) is 0 Å². The van der Waals surface area contributed by atoms with E-state index in [-0.39, 0.29) is 24.4 Å². The van der Waals surface area contributed by atoms with Crippen LogP contribution in [0.2, 0.25) is 0 Å². The Kier molecular flexibility index (Phi) is 4.47. The number of thiophene rings is 1. The Labute approximate surface area is 138 Å². The first kappa shape index (κ1) is 15.7. The van der Waals surface area contributed by atoms with Crippen LogP contribution in [0.1, 0.15) is 23.7 Å². The molecule has 0 N–H and O–H groups in total. The molecule has 1 saturated heterocycles. The number of rotatable bonds is 5. The van der Waals surface area contributed by atoms with Crippen molar-refractivity contribution in [1.82, 2.24) is 14.7 Å². The highest BCUT2D eigenvalue weighted by Crippen LogP contribution is 2.27. The van der Waals surface area contributed by atoms with Gasteiger partial charge in [-0.15, -0.1) is 11.3 Å². The molecule has 1 atom stereocenters. The second-order valence-corrected chi connectivity index (χ2v) is 6.59. The summed E-state index contributed by atoms with van der Waals surface area (Å²) >= 11 is 1.53. The molecule has 0 aliphatic carbocycles. The Morgan fingerprint density at radius 3 is 3.00 bits per heavy atom. The van der Waals surface area contributed by atoms with Crippen molar-refractivity contribution in [2.75, 3.05) is 19.7 Å². The monoisotopic (exact) mass is 333 g/mol. The lowest BCUT2D eigenvalue weighted by molar-refractivity contribution is -0.127. The van der Waals surface area contributed by atoms with Crippen molar-refractivity contribution in [1.29, 1.82) is 0 Å². The van der Waals surface area contributed by atoms with Gasteiger partial charge in [0.15, 0.2) is 0 Å². The molecule has 0 radical (unpaired) electrons. The van der Waals surface area contributed by atoms with E-state index in [1.165, 1.54) is 11.3 Å². The summed E-state index contributed by atoms with van der Waals surface area (Å²) in [5, 5.41) is 6.30. The van der Waals surface area contributed by atoms with Crippen molar-refractivity contribution in [2.24, 2.45) is 13.0 Å².